The number of hydrogen-bond donors (Lipinski definition) is 2. The number of aromatic nitrogens is 1. The maximum atomic E-state index is 10.5. The number of rotatable bonds is 6. The fraction of sp³-hybridized carbons (Fsp3) is 0.455. The minimum absolute atomic E-state index is 0.227. The molecular weight excluding hydrogens is 210 g/mol. The van der Waals surface area contributed by atoms with Gasteiger partial charge < -0.3 is 14.9 Å². The first-order valence-electron chi connectivity index (χ1n) is 4.96. The lowest BCUT2D eigenvalue weighted by Gasteiger charge is -2.17. The highest BCUT2D eigenvalue weighted by molar-refractivity contribution is 5.76. The lowest BCUT2D eigenvalue weighted by molar-refractivity contribution is -0.162. The van der Waals surface area contributed by atoms with Crippen LogP contribution in [0.1, 0.15) is 12.6 Å². The summed E-state index contributed by atoms with van der Waals surface area (Å²) in [4.78, 5) is 14.6. The molecule has 2 N–H and O–H groups in total. The highest BCUT2D eigenvalue weighted by Crippen LogP contribution is 2.04. The van der Waals surface area contributed by atoms with Crippen molar-refractivity contribution in [2.75, 3.05) is 13.2 Å². The molecule has 1 unspecified atom stereocenters. The third-order valence-electron chi connectivity index (χ3n) is 2.07. The van der Waals surface area contributed by atoms with Crippen LogP contribution < -0.4 is 0 Å². The van der Waals surface area contributed by atoms with E-state index in [1.54, 1.807) is 6.20 Å². The molecule has 0 aliphatic heterocycles. The Labute approximate surface area is 93.7 Å². The van der Waals surface area contributed by atoms with E-state index in [9.17, 15) is 9.90 Å². The molecular formula is C11H15NO4. The molecule has 16 heavy (non-hydrogen) atoms. The Morgan fingerprint density at radius 1 is 1.56 bits per heavy atom. The third-order valence-corrected chi connectivity index (χ3v) is 2.07. The molecule has 5 nitrogen and oxygen atoms in total. The van der Waals surface area contributed by atoms with Crippen LogP contribution in [0.4, 0.5) is 0 Å². The second-order valence-electron chi connectivity index (χ2n) is 3.70. The van der Waals surface area contributed by atoms with E-state index in [-0.39, 0.29) is 6.61 Å². The van der Waals surface area contributed by atoms with E-state index in [0.717, 1.165) is 5.69 Å². The number of aliphatic hydroxyl groups is 1. The second-order valence-corrected chi connectivity index (χ2v) is 3.70. The Bertz CT molecular complexity index is 337. The zero-order valence-electron chi connectivity index (χ0n) is 9.09. The highest BCUT2D eigenvalue weighted by Gasteiger charge is 2.29. The summed E-state index contributed by atoms with van der Waals surface area (Å²) >= 11 is 0. The summed E-state index contributed by atoms with van der Waals surface area (Å²) in [5.41, 5.74) is -0.957. The minimum Gasteiger partial charge on any atom is -0.479 e. The Balaban J connectivity index is 2.25. The van der Waals surface area contributed by atoms with Crippen molar-refractivity contribution in [3.8, 4) is 0 Å². The molecule has 1 aromatic rings. The topological polar surface area (TPSA) is 79.7 Å². The van der Waals surface area contributed by atoms with Crippen molar-refractivity contribution in [1.29, 1.82) is 0 Å². The third kappa shape index (κ3) is 3.96. The first-order valence-corrected chi connectivity index (χ1v) is 4.96. The van der Waals surface area contributed by atoms with Gasteiger partial charge in [0.2, 0.25) is 0 Å². The molecule has 0 spiro atoms. The summed E-state index contributed by atoms with van der Waals surface area (Å²) in [6.07, 6.45) is 2.28. The van der Waals surface area contributed by atoms with Gasteiger partial charge in [-0.1, -0.05) is 6.07 Å². The van der Waals surface area contributed by atoms with Gasteiger partial charge in [-0.2, -0.15) is 0 Å². The van der Waals surface area contributed by atoms with Gasteiger partial charge in [-0.3, -0.25) is 4.98 Å². The fourth-order valence-corrected chi connectivity index (χ4v) is 1.06. The number of aliphatic carboxylic acids is 1. The first kappa shape index (κ1) is 12.6. The Kier molecular flexibility index (Phi) is 4.39. The summed E-state index contributed by atoms with van der Waals surface area (Å²) in [6, 6.07) is 5.55. The van der Waals surface area contributed by atoms with Crippen LogP contribution in [0.2, 0.25) is 0 Å². The van der Waals surface area contributed by atoms with Crippen LogP contribution in [0, 0.1) is 0 Å². The molecule has 0 aliphatic carbocycles. The molecule has 1 rings (SSSR count). The molecule has 0 aromatic carbocycles. The maximum Gasteiger partial charge on any atom is 0.337 e. The summed E-state index contributed by atoms with van der Waals surface area (Å²) in [5.74, 6) is -1.29. The predicted octanol–water partition coefficient (Wildman–Crippen LogP) is 0.476. The van der Waals surface area contributed by atoms with Crippen LogP contribution in [0.5, 0.6) is 0 Å². The first-order chi connectivity index (χ1) is 7.52. The van der Waals surface area contributed by atoms with E-state index in [0.29, 0.717) is 13.0 Å². The Morgan fingerprint density at radius 2 is 2.31 bits per heavy atom. The van der Waals surface area contributed by atoms with Crippen molar-refractivity contribution < 1.29 is 19.7 Å². The molecule has 5 heteroatoms. The van der Waals surface area contributed by atoms with Crippen molar-refractivity contribution in [2.24, 2.45) is 0 Å². The lowest BCUT2D eigenvalue weighted by Crippen LogP contribution is -2.40. The number of pyridine rings is 1. The molecule has 1 heterocycles. The zero-order chi connectivity index (χ0) is 12.0. The standard InChI is InChI=1S/C11H15NO4/c1-11(15,10(13)14)8-16-7-5-9-4-2-3-6-12-9/h2-4,6,15H,5,7-8H2,1H3,(H,13,14). The summed E-state index contributed by atoms with van der Waals surface area (Å²) < 4.78 is 5.09. The minimum atomic E-state index is -1.83. The Morgan fingerprint density at radius 3 is 2.88 bits per heavy atom. The van der Waals surface area contributed by atoms with Gasteiger partial charge in [0, 0.05) is 18.3 Å². The van der Waals surface area contributed by atoms with Crippen molar-refractivity contribution in [3.05, 3.63) is 30.1 Å². The van der Waals surface area contributed by atoms with Crippen LogP contribution in [0.25, 0.3) is 0 Å². The highest BCUT2D eigenvalue weighted by atomic mass is 16.5. The van der Waals surface area contributed by atoms with Gasteiger partial charge in [0.15, 0.2) is 5.60 Å². The van der Waals surface area contributed by atoms with Crippen molar-refractivity contribution >= 4 is 5.97 Å². The molecule has 0 amide bonds. The molecule has 0 fully saturated rings. The second kappa shape index (κ2) is 5.58. The van der Waals surface area contributed by atoms with Gasteiger partial charge in [-0.15, -0.1) is 0 Å². The predicted molar refractivity (Wildman–Crippen MR) is 57.0 cm³/mol. The van der Waals surface area contributed by atoms with Crippen molar-refractivity contribution in [3.63, 3.8) is 0 Å². The lowest BCUT2D eigenvalue weighted by atomic mass is 10.1. The average Bonchev–Trinajstić information content (AvgIpc) is 2.26. The Hall–Kier alpha value is -1.46. The molecule has 0 radical (unpaired) electrons. The number of carboxylic acid groups (broad SMARTS) is 1. The van der Waals surface area contributed by atoms with Crippen LogP contribution >= 0.6 is 0 Å². The van der Waals surface area contributed by atoms with Crippen molar-refractivity contribution in [1.82, 2.24) is 4.98 Å². The summed E-state index contributed by atoms with van der Waals surface area (Å²) in [7, 11) is 0. The van der Waals surface area contributed by atoms with E-state index < -0.39 is 11.6 Å². The average molecular weight is 225 g/mol. The summed E-state index contributed by atoms with van der Waals surface area (Å²) in [5, 5.41) is 18.0. The number of carboxylic acids is 1. The maximum absolute atomic E-state index is 10.5. The molecule has 0 saturated carbocycles. The fourth-order valence-electron chi connectivity index (χ4n) is 1.06. The molecule has 0 saturated heterocycles. The smallest absolute Gasteiger partial charge is 0.337 e. The quantitative estimate of drug-likeness (QED) is 0.688. The van der Waals surface area contributed by atoms with E-state index in [1.165, 1.54) is 6.92 Å². The molecule has 0 aliphatic rings. The van der Waals surface area contributed by atoms with E-state index in [2.05, 4.69) is 4.98 Å². The number of hydrogen-bond acceptors (Lipinski definition) is 4. The number of ether oxygens (including phenoxy) is 1. The normalized spacial score (nSPS) is 14.4. The SMILES string of the molecule is CC(O)(COCCc1ccccn1)C(=O)O. The van der Waals surface area contributed by atoms with Gasteiger partial charge in [0.25, 0.3) is 0 Å². The van der Waals surface area contributed by atoms with Gasteiger partial charge in [-0.25, -0.2) is 4.79 Å². The number of nitrogens with zero attached hydrogens (tertiary/aromatic N) is 1. The molecule has 1 atom stereocenters. The largest absolute Gasteiger partial charge is 0.479 e. The van der Waals surface area contributed by atoms with Gasteiger partial charge in [0.05, 0.1) is 13.2 Å². The molecule has 1 aromatic heterocycles. The van der Waals surface area contributed by atoms with Gasteiger partial charge in [0.1, 0.15) is 0 Å². The molecule has 0 bridgehead atoms. The zero-order valence-corrected chi connectivity index (χ0v) is 9.09. The van der Waals surface area contributed by atoms with E-state index in [4.69, 9.17) is 9.84 Å². The van der Waals surface area contributed by atoms with E-state index >= 15 is 0 Å². The van der Waals surface area contributed by atoms with Gasteiger partial charge >= 0.3 is 5.97 Å². The van der Waals surface area contributed by atoms with Gasteiger partial charge in [-0.05, 0) is 19.1 Å². The number of carbonyl (C=O) groups is 1. The van der Waals surface area contributed by atoms with Crippen molar-refractivity contribution in [2.45, 2.75) is 18.9 Å². The molecule has 88 valence electrons. The van der Waals surface area contributed by atoms with E-state index in [1.807, 2.05) is 18.2 Å². The van der Waals surface area contributed by atoms with Crippen LogP contribution in [0.3, 0.4) is 0 Å². The van der Waals surface area contributed by atoms with Crippen LogP contribution in [-0.2, 0) is 16.0 Å². The summed E-state index contributed by atoms with van der Waals surface area (Å²) in [6.45, 7) is 1.31. The van der Waals surface area contributed by atoms with Crippen LogP contribution in [-0.4, -0.2) is 40.0 Å². The van der Waals surface area contributed by atoms with Crippen LogP contribution in [0.15, 0.2) is 24.4 Å². The monoisotopic (exact) mass is 225 g/mol.